The minimum atomic E-state index is -0.115. The Morgan fingerprint density at radius 2 is 1.42 bits per heavy atom. The van der Waals surface area contributed by atoms with Crippen LogP contribution in [0, 0.1) is 29.6 Å². The average Bonchev–Trinajstić information content (AvgIpc) is 3.18. The first-order chi connectivity index (χ1) is 24.6. The molecule has 6 fully saturated rings. The smallest absolute Gasteiger partial charge is 0.146 e. The van der Waals surface area contributed by atoms with Crippen molar-refractivity contribution in [2.24, 2.45) is 34.7 Å². The lowest BCUT2D eigenvalue weighted by molar-refractivity contribution is -0.148. The molecule has 3 heterocycles. The van der Waals surface area contributed by atoms with Gasteiger partial charge in [0.05, 0.1) is 24.0 Å². The van der Waals surface area contributed by atoms with Crippen molar-refractivity contribution in [2.45, 2.75) is 191 Å². The molecule has 0 aromatic carbocycles. The van der Waals surface area contributed by atoms with Crippen molar-refractivity contribution in [1.82, 2.24) is 10.2 Å². The highest BCUT2D eigenvalue weighted by atomic mass is 16.6. The molecule has 0 spiro atoms. The summed E-state index contributed by atoms with van der Waals surface area (Å²) in [5.74, 6) is 4.21. The fourth-order valence-corrected chi connectivity index (χ4v) is 11.5. The molecule has 4 aliphatic carbocycles. The Kier molecular flexibility index (Phi) is 14.1. The Hall–Kier alpha value is -0.990. The summed E-state index contributed by atoms with van der Waals surface area (Å²) in [6, 6.07) is 1.51. The number of oxime groups is 1. The van der Waals surface area contributed by atoms with Crippen LogP contribution in [0.2, 0.25) is 0 Å². The predicted octanol–water partition coefficient (Wildman–Crippen LogP) is 8.84. The van der Waals surface area contributed by atoms with E-state index >= 15 is 0 Å². The van der Waals surface area contributed by atoms with E-state index in [9.17, 15) is 0 Å². The Morgan fingerprint density at radius 3 is 2.12 bits per heavy atom. The van der Waals surface area contributed by atoms with Gasteiger partial charge in [0.1, 0.15) is 18.8 Å². The van der Waals surface area contributed by atoms with E-state index in [1.165, 1.54) is 122 Å². The predicted molar refractivity (Wildman–Crippen MR) is 202 cm³/mol. The summed E-state index contributed by atoms with van der Waals surface area (Å²) in [6.45, 7) is 6.15. The second kappa shape index (κ2) is 18.9. The number of ether oxygens (including phenoxy) is 3. The fraction of sp³-hybridized carbons (Fsp3) is 0.930. The van der Waals surface area contributed by atoms with Crippen LogP contribution >= 0.6 is 0 Å². The standard InChI is InChI=1S/C43H73N3O4/c1-31(45-48-30-42-41(49-37-20-18-36(47-2)19-21-37)23-22-40(50-42)33-14-8-4-9-15-33)24-26-46-27-25-39-35(29-46)28-38(32-12-6-3-7-13-32)43(44-39)34-16-10-5-11-17-34/h22-23,32-44H,3-21,24-30H2,1-2H3/b45-31+/t35?,36?,37?,38?,39?,40-,41-,42+,43?/m0/s1. The first-order valence-corrected chi connectivity index (χ1v) is 21.8. The molecule has 0 aromatic heterocycles. The van der Waals surface area contributed by atoms with Crippen LogP contribution in [-0.2, 0) is 19.0 Å². The Bertz CT molecular complexity index is 1060. The van der Waals surface area contributed by atoms with Crippen LogP contribution in [0.3, 0.4) is 0 Å². The summed E-state index contributed by atoms with van der Waals surface area (Å²) in [4.78, 5) is 8.84. The van der Waals surface area contributed by atoms with E-state index < -0.39 is 0 Å². The van der Waals surface area contributed by atoms with Gasteiger partial charge < -0.3 is 29.3 Å². The normalized spacial score (nSPS) is 38.9. The fourth-order valence-electron chi connectivity index (χ4n) is 11.5. The van der Waals surface area contributed by atoms with Gasteiger partial charge >= 0.3 is 0 Å². The zero-order valence-corrected chi connectivity index (χ0v) is 32.0. The average molecular weight is 696 g/mol. The van der Waals surface area contributed by atoms with Gasteiger partial charge in [-0.2, -0.15) is 0 Å². The molecule has 7 aliphatic rings. The Balaban J connectivity index is 0.896. The molecule has 4 saturated carbocycles. The van der Waals surface area contributed by atoms with E-state index in [0.29, 0.717) is 18.6 Å². The molecule has 2 saturated heterocycles. The SMILES string of the molecule is COC1CCC(O[C@H]2C=C[C@@H](C3CCCCC3)O[C@@H]2CO/N=C(\C)CCN2CCC3NC(C4CCCCC4)C(C4CCCCC4)CC3C2)CC1. The van der Waals surface area contributed by atoms with E-state index in [0.717, 1.165) is 80.1 Å². The van der Waals surface area contributed by atoms with Crippen molar-refractivity contribution in [3.8, 4) is 0 Å². The maximum atomic E-state index is 6.76. The third-order valence-corrected chi connectivity index (χ3v) is 14.5. The first-order valence-electron chi connectivity index (χ1n) is 21.8. The zero-order chi connectivity index (χ0) is 34.1. The van der Waals surface area contributed by atoms with Crippen molar-refractivity contribution in [2.75, 3.05) is 33.4 Å². The van der Waals surface area contributed by atoms with Crippen molar-refractivity contribution in [3.05, 3.63) is 12.2 Å². The Labute approximate surface area is 305 Å². The van der Waals surface area contributed by atoms with Gasteiger partial charge in [0.2, 0.25) is 0 Å². The number of rotatable bonds is 12. The maximum absolute atomic E-state index is 6.76. The molecule has 0 bridgehead atoms. The summed E-state index contributed by atoms with van der Waals surface area (Å²) in [5.41, 5.74) is 1.09. The third-order valence-electron chi connectivity index (χ3n) is 14.5. The molecular formula is C43H73N3O4. The van der Waals surface area contributed by atoms with Gasteiger partial charge in [0.25, 0.3) is 0 Å². The van der Waals surface area contributed by atoms with Gasteiger partial charge in [-0.25, -0.2) is 0 Å². The van der Waals surface area contributed by atoms with E-state index in [4.69, 9.17) is 19.0 Å². The van der Waals surface area contributed by atoms with Gasteiger partial charge in [-0.1, -0.05) is 87.9 Å². The largest absolute Gasteiger partial charge is 0.393 e. The number of nitrogens with one attached hydrogen (secondary N) is 1. The number of hydrogen-bond acceptors (Lipinski definition) is 7. The molecule has 0 radical (unpaired) electrons. The monoisotopic (exact) mass is 696 g/mol. The van der Waals surface area contributed by atoms with Gasteiger partial charge in [0.15, 0.2) is 0 Å². The lowest BCUT2D eigenvalue weighted by Crippen LogP contribution is -2.61. The number of hydrogen-bond donors (Lipinski definition) is 1. The molecule has 50 heavy (non-hydrogen) atoms. The minimum Gasteiger partial charge on any atom is -0.393 e. The van der Waals surface area contributed by atoms with Gasteiger partial charge in [0, 0.05) is 38.7 Å². The number of piperidine rings is 2. The first kappa shape index (κ1) is 37.3. The second-order valence-corrected chi connectivity index (χ2v) is 17.9. The van der Waals surface area contributed by atoms with Crippen LogP contribution in [0.25, 0.3) is 0 Å². The number of likely N-dealkylation sites (tertiary alicyclic amines) is 1. The van der Waals surface area contributed by atoms with Gasteiger partial charge in [-0.05, 0) is 107 Å². The van der Waals surface area contributed by atoms with Crippen molar-refractivity contribution in [1.29, 1.82) is 0 Å². The van der Waals surface area contributed by atoms with E-state index in [2.05, 4.69) is 34.4 Å². The van der Waals surface area contributed by atoms with Crippen molar-refractivity contribution < 1.29 is 19.0 Å². The lowest BCUT2D eigenvalue weighted by Gasteiger charge is -2.52. The molecule has 7 rings (SSSR count). The molecule has 1 N–H and O–H groups in total. The molecular weight excluding hydrogens is 622 g/mol. The van der Waals surface area contributed by atoms with Gasteiger partial charge in [-0.15, -0.1) is 0 Å². The summed E-state index contributed by atoms with van der Waals surface area (Å²) in [6.07, 6.45) is 34.4. The van der Waals surface area contributed by atoms with Crippen molar-refractivity contribution in [3.63, 3.8) is 0 Å². The molecule has 0 amide bonds. The van der Waals surface area contributed by atoms with Gasteiger partial charge in [-0.3, -0.25) is 0 Å². The van der Waals surface area contributed by atoms with Crippen LogP contribution in [-0.4, -0.2) is 86.6 Å². The minimum absolute atomic E-state index is 0.0741. The van der Waals surface area contributed by atoms with Crippen LogP contribution in [0.15, 0.2) is 17.3 Å². The summed E-state index contributed by atoms with van der Waals surface area (Å²) in [7, 11) is 1.83. The van der Waals surface area contributed by atoms with E-state index in [1.54, 1.807) is 0 Å². The summed E-state index contributed by atoms with van der Waals surface area (Å²) in [5, 5.41) is 9.03. The second-order valence-electron chi connectivity index (χ2n) is 17.9. The maximum Gasteiger partial charge on any atom is 0.146 e. The molecule has 7 heteroatoms. The van der Waals surface area contributed by atoms with Crippen LogP contribution in [0.4, 0.5) is 0 Å². The molecule has 0 aromatic rings. The number of nitrogens with zero attached hydrogens (tertiary/aromatic N) is 2. The molecule has 7 atom stereocenters. The highest BCUT2D eigenvalue weighted by molar-refractivity contribution is 5.81. The summed E-state index contributed by atoms with van der Waals surface area (Å²) < 4.78 is 19.0. The highest BCUT2D eigenvalue weighted by Gasteiger charge is 2.45. The highest BCUT2D eigenvalue weighted by Crippen LogP contribution is 2.44. The van der Waals surface area contributed by atoms with Crippen molar-refractivity contribution >= 4 is 5.71 Å². The van der Waals surface area contributed by atoms with Crippen LogP contribution < -0.4 is 5.32 Å². The summed E-state index contributed by atoms with van der Waals surface area (Å²) >= 11 is 0. The van der Waals surface area contributed by atoms with Crippen LogP contribution in [0.1, 0.15) is 148 Å². The third kappa shape index (κ3) is 9.95. The lowest BCUT2D eigenvalue weighted by atomic mass is 9.64. The quantitative estimate of drug-likeness (QED) is 0.125. The van der Waals surface area contributed by atoms with E-state index in [1.807, 2.05) is 7.11 Å². The Morgan fingerprint density at radius 1 is 0.760 bits per heavy atom. The number of fused-ring (bicyclic) bond motifs is 1. The number of methoxy groups -OCH3 is 1. The van der Waals surface area contributed by atoms with E-state index in [-0.39, 0.29) is 24.4 Å². The molecule has 3 aliphatic heterocycles. The molecule has 4 unspecified atom stereocenters. The zero-order valence-electron chi connectivity index (χ0n) is 32.0. The molecule has 284 valence electrons. The molecule has 7 nitrogen and oxygen atoms in total. The topological polar surface area (TPSA) is 64.5 Å². The van der Waals surface area contributed by atoms with Crippen LogP contribution in [0.5, 0.6) is 0 Å².